The van der Waals surface area contributed by atoms with Crippen molar-refractivity contribution in [3.63, 3.8) is 0 Å². The molecule has 32 heavy (non-hydrogen) atoms. The molecule has 0 amide bonds. The SMILES string of the molecule is CCCCc1ccc(N=Nc2ccc(N(C)CCOCCOCCOCCI)cc2)cc1. The predicted molar refractivity (Wildman–Crippen MR) is 140 cm³/mol. The molecule has 0 atom stereocenters. The third-order valence-corrected chi connectivity index (χ3v) is 5.30. The molecule has 0 unspecified atom stereocenters. The lowest BCUT2D eigenvalue weighted by molar-refractivity contribution is 0.0191. The number of hydrogen-bond acceptors (Lipinski definition) is 6. The Bertz CT molecular complexity index is 754. The molecule has 0 spiro atoms. The number of unbranched alkanes of at least 4 members (excludes halogenated alkanes) is 1. The largest absolute Gasteiger partial charge is 0.378 e. The monoisotopic (exact) mass is 553 g/mol. The van der Waals surface area contributed by atoms with Crippen LogP contribution in [0.1, 0.15) is 25.3 Å². The summed E-state index contributed by atoms with van der Waals surface area (Å²) in [5.74, 6) is 0. The normalized spacial score (nSPS) is 11.3. The number of azo groups is 1. The van der Waals surface area contributed by atoms with Gasteiger partial charge in [0.2, 0.25) is 0 Å². The maximum atomic E-state index is 5.65. The topological polar surface area (TPSA) is 55.7 Å². The number of benzene rings is 2. The Morgan fingerprint density at radius 3 is 1.84 bits per heavy atom. The van der Waals surface area contributed by atoms with Gasteiger partial charge in [0.25, 0.3) is 0 Å². The van der Waals surface area contributed by atoms with E-state index in [1.807, 2.05) is 24.3 Å². The Kier molecular flexibility index (Phi) is 14.2. The van der Waals surface area contributed by atoms with E-state index in [4.69, 9.17) is 14.2 Å². The van der Waals surface area contributed by atoms with Crippen LogP contribution in [0.3, 0.4) is 0 Å². The maximum Gasteiger partial charge on any atom is 0.0858 e. The fourth-order valence-electron chi connectivity index (χ4n) is 2.93. The number of rotatable bonds is 17. The van der Waals surface area contributed by atoms with Crippen LogP contribution in [0, 0.1) is 0 Å². The summed E-state index contributed by atoms with van der Waals surface area (Å²) < 4.78 is 17.5. The Balaban J connectivity index is 1.64. The molecular formula is C25H36IN3O3. The summed E-state index contributed by atoms with van der Waals surface area (Å²) >= 11 is 2.29. The average molecular weight is 553 g/mol. The second-order valence-corrected chi connectivity index (χ2v) is 8.51. The van der Waals surface area contributed by atoms with Crippen LogP contribution in [0.5, 0.6) is 0 Å². The number of halogens is 1. The van der Waals surface area contributed by atoms with E-state index in [0.717, 1.165) is 41.1 Å². The van der Waals surface area contributed by atoms with Crippen LogP contribution in [0.2, 0.25) is 0 Å². The molecule has 2 rings (SSSR count). The summed E-state index contributed by atoms with van der Waals surface area (Å²) in [4.78, 5) is 2.16. The van der Waals surface area contributed by atoms with Gasteiger partial charge in [-0.1, -0.05) is 48.1 Å². The minimum Gasteiger partial charge on any atom is -0.378 e. The Morgan fingerprint density at radius 2 is 1.28 bits per heavy atom. The lowest BCUT2D eigenvalue weighted by Gasteiger charge is -2.19. The van der Waals surface area contributed by atoms with E-state index in [-0.39, 0.29) is 0 Å². The zero-order valence-corrected chi connectivity index (χ0v) is 21.5. The lowest BCUT2D eigenvalue weighted by atomic mass is 10.1. The third kappa shape index (κ3) is 11.4. The summed E-state index contributed by atoms with van der Waals surface area (Å²) in [7, 11) is 2.06. The molecule has 7 heteroatoms. The van der Waals surface area contributed by atoms with Crippen molar-refractivity contribution in [2.45, 2.75) is 26.2 Å². The van der Waals surface area contributed by atoms with Gasteiger partial charge in [-0.25, -0.2) is 0 Å². The van der Waals surface area contributed by atoms with E-state index in [1.165, 1.54) is 18.4 Å². The van der Waals surface area contributed by atoms with Crippen LogP contribution < -0.4 is 4.90 Å². The molecule has 0 aliphatic heterocycles. The molecule has 0 aliphatic rings. The summed E-state index contributed by atoms with van der Waals surface area (Å²) in [6.07, 6.45) is 3.55. The van der Waals surface area contributed by atoms with Gasteiger partial charge in [-0.15, -0.1) is 0 Å². The summed E-state index contributed by atoms with van der Waals surface area (Å²) in [5, 5.41) is 8.70. The van der Waals surface area contributed by atoms with E-state index in [9.17, 15) is 0 Å². The molecule has 176 valence electrons. The van der Waals surface area contributed by atoms with Crippen molar-refractivity contribution in [2.75, 3.05) is 62.6 Å². The summed E-state index contributed by atoms with van der Waals surface area (Å²) in [6.45, 7) is 6.91. The first kappa shape index (κ1) is 26.7. The highest BCUT2D eigenvalue weighted by Gasteiger charge is 2.01. The average Bonchev–Trinajstić information content (AvgIpc) is 2.83. The zero-order valence-electron chi connectivity index (χ0n) is 19.3. The molecule has 0 saturated carbocycles. The van der Waals surface area contributed by atoms with Crippen LogP contribution in [-0.4, -0.2) is 57.7 Å². The number of likely N-dealkylation sites (N-methyl/N-ethyl adjacent to an activating group) is 1. The van der Waals surface area contributed by atoms with Crippen LogP contribution >= 0.6 is 22.6 Å². The van der Waals surface area contributed by atoms with Crippen LogP contribution in [-0.2, 0) is 20.6 Å². The fraction of sp³-hybridized carbons (Fsp3) is 0.520. The van der Waals surface area contributed by atoms with Gasteiger partial charge in [0.15, 0.2) is 0 Å². The first-order chi connectivity index (χ1) is 15.7. The predicted octanol–water partition coefficient (Wildman–Crippen LogP) is 6.37. The minimum atomic E-state index is 0.596. The fourth-order valence-corrected chi connectivity index (χ4v) is 3.24. The van der Waals surface area contributed by atoms with Gasteiger partial charge in [-0.2, -0.15) is 10.2 Å². The van der Waals surface area contributed by atoms with E-state index < -0.39 is 0 Å². The third-order valence-electron chi connectivity index (χ3n) is 4.86. The number of ether oxygens (including phenoxy) is 3. The van der Waals surface area contributed by atoms with Crippen LogP contribution in [0.15, 0.2) is 58.8 Å². The number of nitrogens with zero attached hydrogens (tertiary/aromatic N) is 3. The van der Waals surface area contributed by atoms with Gasteiger partial charge in [0.05, 0.1) is 51.0 Å². The lowest BCUT2D eigenvalue weighted by Crippen LogP contribution is -2.23. The highest BCUT2D eigenvalue weighted by atomic mass is 127. The number of anilines is 1. The van der Waals surface area contributed by atoms with Gasteiger partial charge in [0, 0.05) is 23.7 Å². The first-order valence-corrected chi connectivity index (χ1v) is 12.9. The Morgan fingerprint density at radius 1 is 0.750 bits per heavy atom. The molecule has 0 bridgehead atoms. The number of aryl methyl sites for hydroxylation is 1. The maximum absolute atomic E-state index is 5.65. The van der Waals surface area contributed by atoms with Crippen molar-refractivity contribution >= 4 is 39.7 Å². The first-order valence-electron chi connectivity index (χ1n) is 11.3. The summed E-state index contributed by atoms with van der Waals surface area (Å²) in [5.41, 5.74) is 4.19. The smallest absolute Gasteiger partial charge is 0.0858 e. The molecule has 2 aromatic carbocycles. The van der Waals surface area contributed by atoms with Gasteiger partial charge in [-0.3, -0.25) is 0 Å². The Labute approximate surface area is 206 Å². The molecule has 0 saturated heterocycles. The van der Waals surface area contributed by atoms with Crippen molar-refractivity contribution in [1.82, 2.24) is 0 Å². The molecule has 0 aliphatic carbocycles. The van der Waals surface area contributed by atoms with Crippen molar-refractivity contribution in [3.05, 3.63) is 54.1 Å². The molecule has 2 aromatic rings. The van der Waals surface area contributed by atoms with Crippen molar-refractivity contribution in [2.24, 2.45) is 10.2 Å². The molecule has 6 nitrogen and oxygen atoms in total. The molecular weight excluding hydrogens is 517 g/mol. The second-order valence-electron chi connectivity index (χ2n) is 7.43. The minimum absolute atomic E-state index is 0.596. The Hall–Kier alpha value is -1.55. The van der Waals surface area contributed by atoms with Crippen molar-refractivity contribution in [1.29, 1.82) is 0 Å². The van der Waals surface area contributed by atoms with Crippen LogP contribution in [0.25, 0.3) is 0 Å². The highest BCUT2D eigenvalue weighted by molar-refractivity contribution is 14.1. The standard InChI is InChI=1S/C25H36IN3O3/c1-3-4-5-22-6-8-23(9-7-22)27-28-24-10-12-25(13-11-24)29(2)15-17-31-19-21-32-20-18-30-16-14-26/h6-13H,3-5,14-21H2,1-2H3. The zero-order chi connectivity index (χ0) is 22.9. The number of hydrogen-bond donors (Lipinski definition) is 0. The van der Waals surface area contributed by atoms with E-state index in [2.05, 4.69) is 76.0 Å². The van der Waals surface area contributed by atoms with Crippen molar-refractivity contribution < 1.29 is 14.2 Å². The number of alkyl halides is 1. The van der Waals surface area contributed by atoms with Gasteiger partial charge in [0.1, 0.15) is 0 Å². The molecule has 0 radical (unpaired) electrons. The molecule has 0 fully saturated rings. The quantitative estimate of drug-likeness (QED) is 0.0990. The van der Waals surface area contributed by atoms with Crippen molar-refractivity contribution in [3.8, 4) is 0 Å². The highest BCUT2D eigenvalue weighted by Crippen LogP contribution is 2.22. The molecule has 0 heterocycles. The van der Waals surface area contributed by atoms with E-state index >= 15 is 0 Å². The summed E-state index contributed by atoms with van der Waals surface area (Å²) in [6, 6.07) is 16.4. The van der Waals surface area contributed by atoms with Gasteiger partial charge in [-0.05, 0) is 54.8 Å². The van der Waals surface area contributed by atoms with Crippen LogP contribution in [0.4, 0.5) is 17.1 Å². The molecule has 0 N–H and O–H groups in total. The van der Waals surface area contributed by atoms with Gasteiger partial charge < -0.3 is 19.1 Å². The van der Waals surface area contributed by atoms with E-state index in [0.29, 0.717) is 33.0 Å². The van der Waals surface area contributed by atoms with E-state index in [1.54, 1.807) is 0 Å². The molecule has 0 aromatic heterocycles. The second kappa shape index (κ2) is 17.0. The van der Waals surface area contributed by atoms with Gasteiger partial charge >= 0.3 is 0 Å².